The highest BCUT2D eigenvalue weighted by molar-refractivity contribution is 6.44. The van der Waals surface area contributed by atoms with Gasteiger partial charge in [0.2, 0.25) is 0 Å². The molecule has 0 saturated heterocycles. The molecule has 0 aromatic heterocycles. The highest BCUT2D eigenvalue weighted by Gasteiger charge is 2.19. The highest BCUT2D eigenvalue weighted by Crippen LogP contribution is 2.18. The van der Waals surface area contributed by atoms with Gasteiger partial charge in [0, 0.05) is 19.8 Å². The number of hydrogen-bond donors (Lipinski definition) is 0. The quantitative estimate of drug-likeness (QED) is 0.262. The maximum Gasteiger partial charge on any atom is 0.484 e. The Bertz CT molecular complexity index is 199. The van der Waals surface area contributed by atoms with Crippen LogP contribution in [0, 0.1) is 5.92 Å². The molecule has 122 valence electrons. The minimum atomic E-state index is -2.00. The molecule has 0 aliphatic rings. The van der Waals surface area contributed by atoms with Crippen molar-refractivity contribution >= 4 is 32.7 Å². The van der Waals surface area contributed by atoms with Gasteiger partial charge in [-0.1, -0.05) is 40.0 Å². The van der Waals surface area contributed by atoms with Crippen LogP contribution in [0.25, 0.3) is 0 Å². The Kier molecular flexibility index (Phi) is 15.1. The first-order valence-electron chi connectivity index (χ1n) is 7.76. The van der Waals surface area contributed by atoms with Crippen LogP contribution in [0.15, 0.2) is 0 Å². The maximum absolute atomic E-state index is 5.87. The van der Waals surface area contributed by atoms with E-state index in [0.29, 0.717) is 12.5 Å². The van der Waals surface area contributed by atoms with Crippen LogP contribution in [0.3, 0.4) is 0 Å². The topological polar surface area (TPSA) is 27.7 Å². The molecule has 1 atom stereocenters. The first-order chi connectivity index (χ1) is 9.63. The third kappa shape index (κ3) is 12.4. The number of halogens is 2. The fraction of sp³-hybridized carbons (Fsp3) is 1.00. The molecule has 0 radical (unpaired) electrons. The lowest BCUT2D eigenvalue weighted by atomic mass is 10.1. The van der Waals surface area contributed by atoms with Crippen molar-refractivity contribution in [1.29, 1.82) is 0 Å². The molecule has 0 heterocycles. The van der Waals surface area contributed by atoms with Crippen LogP contribution in [0.4, 0.5) is 0 Å². The molecule has 0 aromatic carbocycles. The van der Waals surface area contributed by atoms with E-state index in [4.69, 9.17) is 36.5 Å². The zero-order chi connectivity index (χ0) is 15.2. The minimum absolute atomic E-state index is 0.328. The van der Waals surface area contributed by atoms with Gasteiger partial charge in [0.15, 0.2) is 0 Å². The van der Waals surface area contributed by atoms with Crippen molar-refractivity contribution < 1.29 is 13.3 Å². The normalized spacial score (nSPS) is 13.3. The molecule has 20 heavy (non-hydrogen) atoms. The number of alkyl halides is 2. The summed E-state index contributed by atoms with van der Waals surface area (Å²) in [5.74, 6) is 0.370. The summed E-state index contributed by atoms with van der Waals surface area (Å²) in [6.45, 7) is 8.49. The Balaban J connectivity index is 4.02. The third-order valence-corrected chi connectivity index (χ3v) is 4.90. The molecule has 0 aromatic rings. The summed E-state index contributed by atoms with van der Waals surface area (Å²) in [5, 5.41) is 0. The molecule has 6 heteroatoms. The Labute approximate surface area is 136 Å². The van der Waals surface area contributed by atoms with E-state index < -0.39 is 9.53 Å². The van der Waals surface area contributed by atoms with E-state index in [-0.39, 0.29) is 4.84 Å². The van der Waals surface area contributed by atoms with Crippen LogP contribution in [0.2, 0.25) is 0 Å². The molecule has 3 nitrogen and oxygen atoms in total. The number of hydrogen-bond acceptors (Lipinski definition) is 3. The number of unbranched alkanes of at least 4 members (excludes halogenated alkanes) is 2. The van der Waals surface area contributed by atoms with Crippen LogP contribution < -0.4 is 0 Å². The molecule has 0 bridgehead atoms. The molecule has 1 unspecified atom stereocenters. The van der Waals surface area contributed by atoms with Gasteiger partial charge in [-0.05, 0) is 25.2 Å². The first kappa shape index (κ1) is 20.7. The van der Waals surface area contributed by atoms with E-state index >= 15 is 0 Å². The molecule has 0 fully saturated rings. The zero-order valence-corrected chi connectivity index (χ0v) is 15.7. The lowest BCUT2D eigenvalue weighted by Crippen LogP contribution is -2.30. The standard InChI is InChI=1S/C14H30Cl2O3Si/c1-4-7-9-17-20(18-10-8-5-2)19-12-13(6-3)11-14(15)16/h13-14,20H,4-12H2,1-3H3. The lowest BCUT2D eigenvalue weighted by molar-refractivity contribution is 0.0765. The van der Waals surface area contributed by atoms with Gasteiger partial charge < -0.3 is 13.3 Å². The van der Waals surface area contributed by atoms with Crippen LogP contribution >= 0.6 is 23.2 Å². The maximum atomic E-state index is 5.87. The fourth-order valence-electron chi connectivity index (χ4n) is 1.61. The largest absolute Gasteiger partial charge is 0.484 e. The Morgan fingerprint density at radius 2 is 1.45 bits per heavy atom. The summed E-state index contributed by atoms with van der Waals surface area (Å²) in [7, 11) is -2.00. The van der Waals surface area contributed by atoms with Gasteiger partial charge in [0.05, 0.1) is 0 Å². The summed E-state index contributed by atoms with van der Waals surface area (Å²) < 4.78 is 17.4. The molecule has 0 spiro atoms. The predicted molar refractivity (Wildman–Crippen MR) is 88.7 cm³/mol. The Hall–Kier alpha value is 0.677. The van der Waals surface area contributed by atoms with E-state index in [1.54, 1.807) is 0 Å². The molecule has 0 rings (SSSR count). The average molecular weight is 345 g/mol. The summed E-state index contributed by atoms with van der Waals surface area (Å²) in [5.41, 5.74) is 0. The van der Waals surface area contributed by atoms with Gasteiger partial charge in [-0.3, -0.25) is 0 Å². The van der Waals surface area contributed by atoms with Crippen LogP contribution in [-0.4, -0.2) is 34.2 Å². The SMILES string of the molecule is CCCCO[SiH](OCCCC)OCC(CC)CC(Cl)Cl. The molecule has 0 amide bonds. The molecule has 0 aliphatic carbocycles. The second-order valence-corrected chi connectivity index (χ2v) is 7.83. The second kappa shape index (κ2) is 14.6. The molecular formula is C14H30Cl2O3Si. The smallest absolute Gasteiger partial charge is 0.376 e. The van der Waals surface area contributed by atoms with Crippen molar-refractivity contribution in [2.45, 2.75) is 64.1 Å². The fourth-order valence-corrected chi connectivity index (χ4v) is 3.55. The second-order valence-electron chi connectivity index (χ2n) is 4.97. The van der Waals surface area contributed by atoms with Gasteiger partial charge in [-0.15, -0.1) is 23.2 Å². The summed E-state index contributed by atoms with van der Waals surface area (Å²) in [6, 6.07) is 0. The summed E-state index contributed by atoms with van der Waals surface area (Å²) in [4.78, 5) is -0.328. The van der Waals surface area contributed by atoms with Gasteiger partial charge in [0.1, 0.15) is 4.84 Å². The van der Waals surface area contributed by atoms with E-state index in [1.807, 2.05) is 0 Å². The van der Waals surface area contributed by atoms with Crippen molar-refractivity contribution in [3.8, 4) is 0 Å². The molecule has 0 saturated carbocycles. The predicted octanol–water partition coefficient (Wildman–Crippen LogP) is 4.57. The van der Waals surface area contributed by atoms with Crippen molar-refractivity contribution in [2.24, 2.45) is 5.92 Å². The van der Waals surface area contributed by atoms with Crippen molar-refractivity contribution in [3.63, 3.8) is 0 Å². The van der Waals surface area contributed by atoms with Crippen molar-refractivity contribution in [3.05, 3.63) is 0 Å². The number of rotatable bonds is 14. The van der Waals surface area contributed by atoms with Crippen molar-refractivity contribution in [2.75, 3.05) is 19.8 Å². The van der Waals surface area contributed by atoms with Crippen LogP contribution in [0.1, 0.15) is 59.3 Å². The monoisotopic (exact) mass is 344 g/mol. The van der Waals surface area contributed by atoms with E-state index in [1.165, 1.54) is 0 Å². The highest BCUT2D eigenvalue weighted by atomic mass is 35.5. The van der Waals surface area contributed by atoms with Gasteiger partial charge >= 0.3 is 9.53 Å². The molecule has 0 N–H and O–H groups in total. The van der Waals surface area contributed by atoms with E-state index in [9.17, 15) is 0 Å². The zero-order valence-electron chi connectivity index (χ0n) is 13.1. The molecule has 0 aliphatic heterocycles. The minimum Gasteiger partial charge on any atom is -0.376 e. The van der Waals surface area contributed by atoms with Gasteiger partial charge in [-0.25, -0.2) is 0 Å². The summed E-state index contributed by atoms with van der Waals surface area (Å²) in [6.07, 6.45) is 6.09. The third-order valence-electron chi connectivity index (χ3n) is 3.06. The van der Waals surface area contributed by atoms with Crippen LogP contribution in [-0.2, 0) is 13.3 Å². The molecular weight excluding hydrogens is 315 g/mol. The van der Waals surface area contributed by atoms with Crippen LogP contribution in [0.5, 0.6) is 0 Å². The lowest BCUT2D eigenvalue weighted by Gasteiger charge is -2.21. The van der Waals surface area contributed by atoms with E-state index in [2.05, 4.69) is 20.8 Å². The van der Waals surface area contributed by atoms with Gasteiger partial charge in [0.25, 0.3) is 0 Å². The average Bonchev–Trinajstić information content (AvgIpc) is 2.42. The van der Waals surface area contributed by atoms with E-state index in [0.717, 1.165) is 51.7 Å². The van der Waals surface area contributed by atoms with Gasteiger partial charge in [-0.2, -0.15) is 0 Å². The Morgan fingerprint density at radius 3 is 1.85 bits per heavy atom. The first-order valence-corrected chi connectivity index (χ1v) is 10.1. The summed E-state index contributed by atoms with van der Waals surface area (Å²) >= 11 is 11.7. The Morgan fingerprint density at radius 1 is 0.900 bits per heavy atom. The van der Waals surface area contributed by atoms with Crippen molar-refractivity contribution in [1.82, 2.24) is 0 Å².